The summed E-state index contributed by atoms with van der Waals surface area (Å²) in [4.78, 5) is 12.2. The summed E-state index contributed by atoms with van der Waals surface area (Å²) in [6.45, 7) is 2.55. The summed E-state index contributed by atoms with van der Waals surface area (Å²) in [5.74, 6) is -2.13. The molecule has 0 aromatic heterocycles. The number of fused-ring (bicyclic) bond motifs is 1. The van der Waals surface area contributed by atoms with E-state index < -0.39 is 25.4 Å². The van der Waals surface area contributed by atoms with Crippen molar-refractivity contribution in [1.82, 2.24) is 0 Å². The summed E-state index contributed by atoms with van der Waals surface area (Å²) in [7, 11) is -0.431. The molecule has 0 spiro atoms. The number of carbonyl (C=O) groups is 1. The molecule has 0 amide bonds. The number of hydrogen-bond donors (Lipinski definition) is 2. The highest BCUT2D eigenvalue weighted by atomic mass is 35.5. The number of carbonyl (C=O) groups excluding carboxylic acids is 1. The van der Waals surface area contributed by atoms with Crippen molar-refractivity contribution in [3.8, 4) is 17.2 Å². The van der Waals surface area contributed by atoms with E-state index in [0.717, 1.165) is 0 Å². The van der Waals surface area contributed by atoms with E-state index in [4.69, 9.17) is 52.2 Å². The Morgan fingerprint density at radius 3 is 2.32 bits per heavy atom. The lowest BCUT2D eigenvalue weighted by Gasteiger charge is -2.33. The van der Waals surface area contributed by atoms with Crippen molar-refractivity contribution in [1.29, 1.82) is 0 Å². The van der Waals surface area contributed by atoms with Gasteiger partial charge in [-0.15, -0.1) is 0 Å². The average molecular weight is 351 g/mol. The van der Waals surface area contributed by atoms with Crippen LogP contribution in [0.5, 0.6) is 17.2 Å². The van der Waals surface area contributed by atoms with Gasteiger partial charge in [0.1, 0.15) is 22.1 Å². The predicted octanol–water partition coefficient (Wildman–Crippen LogP) is 1.68. The molecule has 0 atom stereocenters. The predicted molar refractivity (Wildman–Crippen MR) is 78.8 cm³/mol. The van der Waals surface area contributed by atoms with Crippen LogP contribution >= 0.6 is 23.2 Å². The molecule has 1 aromatic rings. The molecule has 1 aliphatic rings. The first-order chi connectivity index (χ1) is 10.2. The van der Waals surface area contributed by atoms with E-state index in [-0.39, 0.29) is 32.9 Å². The average Bonchev–Trinajstić information content (AvgIpc) is 2.39. The Labute approximate surface area is 136 Å². The SMILES string of the molecule is COc1c(Cl)c(Cl)c(OCB(O)O)c2c1C(=O)OC(C)(C)O2. The number of rotatable bonds is 4. The largest absolute Gasteiger partial charge is 0.494 e. The van der Waals surface area contributed by atoms with Crippen molar-refractivity contribution in [2.24, 2.45) is 0 Å². The number of ether oxygens (including phenoxy) is 4. The Kier molecular flexibility index (Phi) is 4.67. The minimum Gasteiger partial charge on any atom is -0.494 e. The second kappa shape index (κ2) is 6.04. The second-order valence-electron chi connectivity index (χ2n) is 4.88. The highest BCUT2D eigenvalue weighted by Crippen LogP contribution is 2.52. The van der Waals surface area contributed by atoms with E-state index in [0.29, 0.717) is 0 Å². The van der Waals surface area contributed by atoms with Crippen LogP contribution in [0.1, 0.15) is 24.2 Å². The van der Waals surface area contributed by atoms with Crippen LogP contribution in [0.3, 0.4) is 0 Å². The van der Waals surface area contributed by atoms with Crippen molar-refractivity contribution in [3.63, 3.8) is 0 Å². The third kappa shape index (κ3) is 3.05. The fourth-order valence-electron chi connectivity index (χ4n) is 1.93. The fourth-order valence-corrected chi connectivity index (χ4v) is 2.41. The van der Waals surface area contributed by atoms with Crippen LogP contribution in [-0.4, -0.2) is 42.5 Å². The molecule has 0 aliphatic carbocycles. The minimum atomic E-state index is -1.74. The van der Waals surface area contributed by atoms with E-state index in [1.54, 1.807) is 0 Å². The van der Waals surface area contributed by atoms with Crippen molar-refractivity contribution < 1.29 is 33.8 Å². The third-order valence-electron chi connectivity index (χ3n) is 2.72. The Morgan fingerprint density at radius 1 is 1.18 bits per heavy atom. The molecule has 0 unspecified atom stereocenters. The van der Waals surface area contributed by atoms with E-state index in [2.05, 4.69) is 0 Å². The molecular weight excluding hydrogens is 338 g/mol. The van der Waals surface area contributed by atoms with Gasteiger partial charge in [-0.05, 0) is 0 Å². The number of halogens is 2. The summed E-state index contributed by atoms with van der Waals surface area (Å²) in [6.07, 6.45) is 0. The van der Waals surface area contributed by atoms with E-state index >= 15 is 0 Å². The van der Waals surface area contributed by atoms with Crippen molar-refractivity contribution >= 4 is 36.3 Å². The van der Waals surface area contributed by atoms with Gasteiger partial charge >= 0.3 is 13.1 Å². The highest BCUT2D eigenvalue weighted by Gasteiger charge is 2.41. The summed E-state index contributed by atoms with van der Waals surface area (Å²) in [5, 5.41) is 17.7. The van der Waals surface area contributed by atoms with Crippen LogP contribution in [0, 0.1) is 0 Å². The first-order valence-corrected chi connectivity index (χ1v) is 6.93. The van der Waals surface area contributed by atoms with E-state index in [1.165, 1.54) is 21.0 Å². The lowest BCUT2D eigenvalue weighted by Crippen LogP contribution is -2.39. The molecule has 120 valence electrons. The van der Waals surface area contributed by atoms with Gasteiger partial charge in [0.25, 0.3) is 0 Å². The van der Waals surface area contributed by atoms with Gasteiger partial charge in [-0.3, -0.25) is 0 Å². The molecule has 2 N–H and O–H groups in total. The molecule has 2 rings (SSSR count). The number of methoxy groups -OCH3 is 1. The van der Waals surface area contributed by atoms with Crippen molar-refractivity contribution in [3.05, 3.63) is 15.6 Å². The molecule has 1 aliphatic heterocycles. The van der Waals surface area contributed by atoms with Gasteiger partial charge in [0.2, 0.25) is 5.79 Å². The van der Waals surface area contributed by atoms with Crippen LogP contribution in [-0.2, 0) is 4.74 Å². The zero-order valence-electron chi connectivity index (χ0n) is 12.0. The molecule has 1 aromatic carbocycles. The van der Waals surface area contributed by atoms with Crippen molar-refractivity contribution in [2.45, 2.75) is 19.6 Å². The number of cyclic esters (lactones) is 1. The Bertz CT molecular complexity index is 618. The molecule has 0 saturated carbocycles. The highest BCUT2D eigenvalue weighted by molar-refractivity contribution is 6.45. The summed E-state index contributed by atoms with van der Waals surface area (Å²) < 4.78 is 21.0. The van der Waals surface area contributed by atoms with E-state index in [1.807, 2.05) is 0 Å². The maximum absolute atomic E-state index is 12.2. The molecule has 22 heavy (non-hydrogen) atoms. The van der Waals surface area contributed by atoms with Gasteiger partial charge in [0, 0.05) is 13.8 Å². The molecule has 0 bridgehead atoms. The molecule has 10 heteroatoms. The summed E-state index contributed by atoms with van der Waals surface area (Å²) in [5.41, 5.74) is -0.0846. The summed E-state index contributed by atoms with van der Waals surface area (Å²) in [6, 6.07) is 0. The minimum absolute atomic E-state index is 0.0148. The maximum atomic E-state index is 12.2. The van der Waals surface area contributed by atoms with Gasteiger partial charge in [-0.1, -0.05) is 23.2 Å². The lowest BCUT2D eigenvalue weighted by atomic mass is 9.95. The van der Waals surface area contributed by atoms with Gasteiger partial charge in [0.05, 0.1) is 7.11 Å². The lowest BCUT2D eigenvalue weighted by molar-refractivity contribution is -0.128. The second-order valence-corrected chi connectivity index (χ2v) is 5.63. The van der Waals surface area contributed by atoms with Gasteiger partial charge in [-0.25, -0.2) is 4.79 Å². The summed E-state index contributed by atoms with van der Waals surface area (Å²) >= 11 is 12.2. The smallest absolute Gasteiger partial charge is 0.491 e. The zero-order valence-corrected chi connectivity index (χ0v) is 13.5. The van der Waals surface area contributed by atoms with Crippen LogP contribution < -0.4 is 14.2 Å². The molecule has 0 fully saturated rings. The zero-order chi connectivity index (χ0) is 16.7. The topological polar surface area (TPSA) is 94.5 Å². The molecular formula is C12H13BCl2O7. The van der Waals surface area contributed by atoms with Gasteiger partial charge in [0.15, 0.2) is 17.2 Å². The first-order valence-electron chi connectivity index (χ1n) is 6.18. The van der Waals surface area contributed by atoms with Crippen molar-refractivity contribution in [2.75, 3.05) is 13.6 Å². The van der Waals surface area contributed by atoms with Crippen LogP contribution in [0.15, 0.2) is 0 Å². The molecule has 0 radical (unpaired) electrons. The monoisotopic (exact) mass is 350 g/mol. The number of hydrogen-bond acceptors (Lipinski definition) is 7. The van der Waals surface area contributed by atoms with Crippen LogP contribution in [0.4, 0.5) is 0 Å². The molecule has 7 nitrogen and oxygen atoms in total. The Balaban J connectivity index is 2.66. The van der Waals surface area contributed by atoms with Gasteiger partial charge < -0.3 is 29.0 Å². The Morgan fingerprint density at radius 2 is 1.77 bits per heavy atom. The fraction of sp³-hybridized carbons (Fsp3) is 0.417. The standard InChI is InChI=1S/C12H13BCl2O7/c1-12(2)21-9-5(11(16)22-12)8(19-3)6(14)7(15)10(9)20-4-13(17)18/h17-18H,4H2,1-3H3. The van der Waals surface area contributed by atoms with E-state index in [9.17, 15) is 4.79 Å². The number of esters is 1. The maximum Gasteiger partial charge on any atom is 0.491 e. The quantitative estimate of drug-likeness (QED) is 0.630. The first kappa shape index (κ1) is 17.0. The normalized spacial score (nSPS) is 15.5. The number of benzene rings is 1. The van der Waals surface area contributed by atoms with Crippen LogP contribution in [0.25, 0.3) is 0 Å². The third-order valence-corrected chi connectivity index (χ3v) is 3.54. The molecule has 0 saturated heterocycles. The van der Waals surface area contributed by atoms with Crippen LogP contribution in [0.2, 0.25) is 10.0 Å². The van der Waals surface area contributed by atoms with Gasteiger partial charge in [-0.2, -0.15) is 0 Å². The Hall–Kier alpha value is -1.35. The molecule has 1 heterocycles.